The molecule has 4 unspecified atom stereocenters. The highest BCUT2D eigenvalue weighted by Crippen LogP contribution is 2.48. The van der Waals surface area contributed by atoms with Crippen molar-refractivity contribution in [2.24, 2.45) is 5.92 Å². The first kappa shape index (κ1) is 24.9. The first-order chi connectivity index (χ1) is 16.9. The molecule has 35 heavy (non-hydrogen) atoms. The second kappa shape index (κ2) is 10.6. The van der Waals surface area contributed by atoms with Gasteiger partial charge >= 0.3 is 5.97 Å². The zero-order valence-electron chi connectivity index (χ0n) is 20.7. The van der Waals surface area contributed by atoms with Gasteiger partial charge in [-0.1, -0.05) is 32.0 Å². The standard InChI is InChI=1S/C27H34N2O6/c1-5-19(6-2)28-26(30)16(3)29-14-21(18-9-12-22-23(13-18)35-15-34-22)24(27(31)32)25(29)17-7-10-20(33-4)11-8-17/h7-13,16,19,21,24-25H,5-6,14-15H2,1-4H3,(H,28,30)(H,31,32). The van der Waals surface area contributed by atoms with Crippen LogP contribution in [0.2, 0.25) is 0 Å². The van der Waals surface area contributed by atoms with Crippen LogP contribution >= 0.6 is 0 Å². The molecule has 2 N–H and O–H groups in total. The van der Waals surface area contributed by atoms with Gasteiger partial charge in [0.2, 0.25) is 12.7 Å². The Kier molecular flexibility index (Phi) is 7.50. The Balaban J connectivity index is 1.73. The fraction of sp³-hybridized carbons (Fsp3) is 0.481. The molecule has 188 valence electrons. The molecule has 2 aromatic carbocycles. The number of benzene rings is 2. The van der Waals surface area contributed by atoms with Crippen molar-refractivity contribution in [3.05, 3.63) is 53.6 Å². The lowest BCUT2D eigenvalue weighted by molar-refractivity contribution is -0.143. The Morgan fingerprint density at radius 2 is 1.74 bits per heavy atom. The highest BCUT2D eigenvalue weighted by molar-refractivity contribution is 5.82. The molecule has 4 rings (SSSR count). The molecule has 0 spiro atoms. The number of carbonyl (C=O) groups excluding carboxylic acids is 1. The summed E-state index contributed by atoms with van der Waals surface area (Å²) in [6.45, 7) is 6.52. The summed E-state index contributed by atoms with van der Waals surface area (Å²) in [6, 6.07) is 12.1. The fourth-order valence-electron chi connectivity index (χ4n) is 5.21. The van der Waals surface area contributed by atoms with E-state index in [1.807, 2.05) is 68.1 Å². The highest BCUT2D eigenvalue weighted by atomic mass is 16.7. The summed E-state index contributed by atoms with van der Waals surface area (Å²) in [5, 5.41) is 13.6. The molecule has 0 bridgehead atoms. The van der Waals surface area contributed by atoms with Crippen LogP contribution in [0.3, 0.4) is 0 Å². The lowest BCUT2D eigenvalue weighted by atomic mass is 9.82. The number of carbonyl (C=O) groups is 2. The number of ether oxygens (including phenoxy) is 3. The number of likely N-dealkylation sites (tertiary alicyclic amines) is 1. The van der Waals surface area contributed by atoms with Crippen molar-refractivity contribution >= 4 is 11.9 Å². The Morgan fingerprint density at radius 3 is 2.37 bits per heavy atom. The molecule has 8 heteroatoms. The van der Waals surface area contributed by atoms with Crippen molar-refractivity contribution in [1.29, 1.82) is 0 Å². The summed E-state index contributed by atoms with van der Waals surface area (Å²) in [6.07, 6.45) is 1.68. The third kappa shape index (κ3) is 4.93. The van der Waals surface area contributed by atoms with Gasteiger partial charge in [0, 0.05) is 24.5 Å². The van der Waals surface area contributed by atoms with E-state index in [4.69, 9.17) is 14.2 Å². The third-order valence-corrected chi connectivity index (χ3v) is 7.31. The second-order valence-electron chi connectivity index (χ2n) is 9.20. The maximum absolute atomic E-state index is 13.3. The Morgan fingerprint density at radius 1 is 1.09 bits per heavy atom. The van der Waals surface area contributed by atoms with E-state index in [0.29, 0.717) is 23.8 Å². The van der Waals surface area contributed by atoms with Crippen molar-refractivity contribution < 1.29 is 28.9 Å². The first-order valence-electron chi connectivity index (χ1n) is 12.2. The van der Waals surface area contributed by atoms with Crippen LogP contribution < -0.4 is 19.5 Å². The lowest BCUT2D eigenvalue weighted by Gasteiger charge is -2.32. The minimum absolute atomic E-state index is 0.0897. The predicted molar refractivity (Wildman–Crippen MR) is 131 cm³/mol. The number of fused-ring (bicyclic) bond motifs is 1. The van der Waals surface area contributed by atoms with Gasteiger partial charge in [-0.05, 0) is 55.2 Å². The maximum Gasteiger partial charge on any atom is 0.309 e. The zero-order valence-corrected chi connectivity index (χ0v) is 20.7. The van der Waals surface area contributed by atoms with Gasteiger partial charge < -0.3 is 24.6 Å². The van der Waals surface area contributed by atoms with Gasteiger partial charge in [0.25, 0.3) is 0 Å². The van der Waals surface area contributed by atoms with Crippen LogP contribution in [0.5, 0.6) is 17.2 Å². The van der Waals surface area contributed by atoms with E-state index in [-0.39, 0.29) is 24.7 Å². The number of carboxylic acid groups (broad SMARTS) is 1. The molecule has 2 aromatic rings. The Labute approximate surface area is 206 Å². The van der Waals surface area contributed by atoms with Crippen molar-refractivity contribution in [3.63, 3.8) is 0 Å². The van der Waals surface area contributed by atoms with E-state index in [9.17, 15) is 14.7 Å². The van der Waals surface area contributed by atoms with Crippen molar-refractivity contribution in [2.45, 2.75) is 57.7 Å². The highest BCUT2D eigenvalue weighted by Gasteiger charge is 2.50. The monoisotopic (exact) mass is 482 g/mol. The first-order valence-corrected chi connectivity index (χ1v) is 12.2. The molecule has 1 fully saturated rings. The predicted octanol–water partition coefficient (Wildman–Crippen LogP) is 3.96. The number of nitrogens with zero attached hydrogens (tertiary/aromatic N) is 1. The van der Waals surface area contributed by atoms with Crippen LogP contribution in [0.4, 0.5) is 0 Å². The summed E-state index contributed by atoms with van der Waals surface area (Å²) in [5.74, 6) is -0.122. The minimum atomic E-state index is -0.899. The molecule has 0 radical (unpaired) electrons. The third-order valence-electron chi connectivity index (χ3n) is 7.31. The number of carboxylic acids is 1. The number of methoxy groups -OCH3 is 1. The molecule has 2 heterocycles. The molecular weight excluding hydrogens is 448 g/mol. The fourth-order valence-corrected chi connectivity index (χ4v) is 5.21. The summed E-state index contributed by atoms with van der Waals surface area (Å²) >= 11 is 0. The summed E-state index contributed by atoms with van der Waals surface area (Å²) in [4.78, 5) is 28.0. The SMILES string of the molecule is CCC(CC)NC(=O)C(C)N1CC(c2ccc3c(c2)OCO3)C(C(=O)O)C1c1ccc(OC)cc1. The minimum Gasteiger partial charge on any atom is -0.497 e. The molecular formula is C27H34N2O6. The van der Waals surface area contributed by atoms with E-state index in [1.165, 1.54) is 0 Å². The summed E-state index contributed by atoms with van der Waals surface area (Å²) in [7, 11) is 1.59. The van der Waals surface area contributed by atoms with E-state index in [0.717, 1.165) is 24.0 Å². The van der Waals surface area contributed by atoms with E-state index in [1.54, 1.807) is 7.11 Å². The molecule has 0 aliphatic carbocycles. The molecule has 1 amide bonds. The summed E-state index contributed by atoms with van der Waals surface area (Å²) in [5.41, 5.74) is 1.69. The molecule has 8 nitrogen and oxygen atoms in total. The van der Waals surface area contributed by atoms with Crippen LogP contribution in [-0.4, -0.2) is 54.4 Å². The average Bonchev–Trinajstić information content (AvgIpc) is 3.51. The van der Waals surface area contributed by atoms with Gasteiger partial charge in [-0.25, -0.2) is 0 Å². The number of nitrogens with one attached hydrogen (secondary N) is 1. The smallest absolute Gasteiger partial charge is 0.309 e. The van der Waals surface area contributed by atoms with Gasteiger partial charge in [-0.3, -0.25) is 14.5 Å². The molecule has 0 saturated carbocycles. The number of aliphatic carboxylic acids is 1. The molecule has 4 atom stereocenters. The van der Waals surface area contributed by atoms with Crippen LogP contribution in [0, 0.1) is 5.92 Å². The Hall–Kier alpha value is -3.26. The average molecular weight is 483 g/mol. The van der Waals surface area contributed by atoms with Crippen LogP contribution in [0.15, 0.2) is 42.5 Å². The number of rotatable bonds is 9. The van der Waals surface area contributed by atoms with E-state index in [2.05, 4.69) is 5.32 Å². The quantitative estimate of drug-likeness (QED) is 0.558. The van der Waals surface area contributed by atoms with Gasteiger partial charge in [-0.2, -0.15) is 0 Å². The summed E-state index contributed by atoms with van der Waals surface area (Å²) < 4.78 is 16.3. The topological polar surface area (TPSA) is 97.3 Å². The largest absolute Gasteiger partial charge is 0.497 e. The molecule has 1 saturated heterocycles. The van der Waals surface area contributed by atoms with Gasteiger partial charge in [0.1, 0.15) is 5.75 Å². The normalized spacial score (nSPS) is 22.3. The maximum atomic E-state index is 13.3. The molecule has 0 aromatic heterocycles. The Bertz CT molecular complexity index is 1050. The molecule has 2 aliphatic rings. The zero-order chi connectivity index (χ0) is 25.1. The van der Waals surface area contributed by atoms with Gasteiger partial charge in [0.05, 0.1) is 19.1 Å². The number of hydrogen-bond acceptors (Lipinski definition) is 6. The van der Waals surface area contributed by atoms with E-state index >= 15 is 0 Å². The van der Waals surface area contributed by atoms with Crippen LogP contribution in [0.1, 0.15) is 56.7 Å². The molecule has 2 aliphatic heterocycles. The van der Waals surface area contributed by atoms with Gasteiger partial charge in [0.15, 0.2) is 11.5 Å². The van der Waals surface area contributed by atoms with Crippen molar-refractivity contribution in [1.82, 2.24) is 10.2 Å². The van der Waals surface area contributed by atoms with Gasteiger partial charge in [-0.15, -0.1) is 0 Å². The number of amides is 1. The lowest BCUT2D eigenvalue weighted by Crippen LogP contribution is -2.48. The number of hydrogen-bond donors (Lipinski definition) is 2. The second-order valence-corrected chi connectivity index (χ2v) is 9.20. The van der Waals surface area contributed by atoms with E-state index < -0.39 is 24.0 Å². The van der Waals surface area contributed by atoms with Crippen LogP contribution in [0.25, 0.3) is 0 Å². The van der Waals surface area contributed by atoms with Crippen molar-refractivity contribution in [2.75, 3.05) is 20.4 Å². The van der Waals surface area contributed by atoms with Crippen molar-refractivity contribution in [3.8, 4) is 17.2 Å². The van der Waals surface area contributed by atoms with Crippen LogP contribution in [-0.2, 0) is 9.59 Å².